The van der Waals surface area contributed by atoms with Crippen LogP contribution in [-0.2, 0) is 0 Å². The number of aryl methyl sites for hydroxylation is 1. The first-order valence-corrected chi connectivity index (χ1v) is 5.32. The molecule has 0 radical (unpaired) electrons. The maximum atomic E-state index is 13.6. The first-order valence-electron chi connectivity index (χ1n) is 5.32. The van der Waals surface area contributed by atoms with Crippen LogP contribution in [-0.4, -0.2) is 0 Å². The van der Waals surface area contributed by atoms with Gasteiger partial charge < -0.3 is 0 Å². The second-order valence-electron chi connectivity index (χ2n) is 4.05. The number of hydrazine groups is 1. The molecule has 0 aliphatic rings. The van der Waals surface area contributed by atoms with Crippen LogP contribution in [0.3, 0.4) is 0 Å². The van der Waals surface area contributed by atoms with Gasteiger partial charge in [-0.25, -0.2) is 4.39 Å². The number of hydrogen-bond acceptors (Lipinski definition) is 2. The Balaban J connectivity index is 3.05. The van der Waals surface area contributed by atoms with Gasteiger partial charge in [0.05, 0.1) is 6.04 Å². The number of nitrogens with two attached hydrogens (primary N) is 1. The zero-order valence-electron chi connectivity index (χ0n) is 9.55. The van der Waals surface area contributed by atoms with Gasteiger partial charge in [0.25, 0.3) is 0 Å². The Hall–Kier alpha value is -0.930. The Labute approximate surface area is 90.6 Å². The summed E-state index contributed by atoms with van der Waals surface area (Å²) in [5.41, 5.74) is 4.41. The summed E-state index contributed by atoms with van der Waals surface area (Å²) in [7, 11) is 0. The molecule has 2 atom stereocenters. The number of halogens is 1. The summed E-state index contributed by atoms with van der Waals surface area (Å²) in [6, 6.07) is 5.00. The van der Waals surface area contributed by atoms with Gasteiger partial charge in [0.2, 0.25) is 0 Å². The zero-order valence-corrected chi connectivity index (χ0v) is 9.55. The monoisotopic (exact) mass is 210 g/mol. The lowest BCUT2D eigenvalue weighted by Crippen LogP contribution is -2.33. The molecule has 84 valence electrons. The minimum Gasteiger partial charge on any atom is -0.271 e. The molecular weight excluding hydrogens is 191 g/mol. The normalized spacial score (nSPS) is 15.0. The van der Waals surface area contributed by atoms with E-state index in [-0.39, 0.29) is 11.9 Å². The molecule has 1 aromatic carbocycles. The minimum atomic E-state index is -0.191. The molecule has 0 amide bonds. The first kappa shape index (κ1) is 12.1. The van der Waals surface area contributed by atoms with Crippen LogP contribution in [0.4, 0.5) is 4.39 Å². The van der Waals surface area contributed by atoms with Gasteiger partial charge >= 0.3 is 0 Å². The highest BCUT2D eigenvalue weighted by Crippen LogP contribution is 2.26. The van der Waals surface area contributed by atoms with Gasteiger partial charge in [0, 0.05) is 5.56 Å². The molecule has 2 nitrogen and oxygen atoms in total. The maximum Gasteiger partial charge on any atom is 0.128 e. The van der Waals surface area contributed by atoms with Crippen LogP contribution in [0.1, 0.15) is 37.4 Å². The largest absolute Gasteiger partial charge is 0.271 e. The maximum absolute atomic E-state index is 13.6. The molecule has 0 fully saturated rings. The molecule has 0 spiro atoms. The molecule has 0 heterocycles. The summed E-state index contributed by atoms with van der Waals surface area (Å²) in [6.07, 6.45) is 0.961. The smallest absolute Gasteiger partial charge is 0.128 e. The Morgan fingerprint density at radius 1 is 1.47 bits per heavy atom. The van der Waals surface area contributed by atoms with E-state index in [1.54, 1.807) is 6.07 Å². The average Bonchev–Trinajstić information content (AvgIpc) is 2.23. The van der Waals surface area contributed by atoms with Crippen molar-refractivity contribution in [3.63, 3.8) is 0 Å². The van der Waals surface area contributed by atoms with E-state index < -0.39 is 0 Å². The van der Waals surface area contributed by atoms with E-state index in [9.17, 15) is 4.39 Å². The van der Waals surface area contributed by atoms with Crippen LogP contribution in [0.25, 0.3) is 0 Å². The topological polar surface area (TPSA) is 38.0 Å². The van der Waals surface area contributed by atoms with Gasteiger partial charge in [0.1, 0.15) is 5.82 Å². The molecule has 1 aromatic rings. The van der Waals surface area contributed by atoms with Crippen LogP contribution in [0.5, 0.6) is 0 Å². The lowest BCUT2D eigenvalue weighted by atomic mass is 9.92. The highest BCUT2D eigenvalue weighted by Gasteiger charge is 2.19. The van der Waals surface area contributed by atoms with E-state index in [4.69, 9.17) is 5.84 Å². The molecule has 1 rings (SSSR count). The summed E-state index contributed by atoms with van der Waals surface area (Å²) >= 11 is 0. The number of hydrogen-bond donors (Lipinski definition) is 2. The molecule has 0 aromatic heterocycles. The molecule has 0 aliphatic heterocycles. The van der Waals surface area contributed by atoms with Crippen molar-refractivity contribution in [2.75, 3.05) is 0 Å². The number of benzene rings is 1. The van der Waals surface area contributed by atoms with Gasteiger partial charge in [-0.05, 0) is 18.9 Å². The summed E-state index contributed by atoms with van der Waals surface area (Å²) in [6.45, 7) is 6.09. The molecule has 15 heavy (non-hydrogen) atoms. The van der Waals surface area contributed by atoms with Crippen molar-refractivity contribution < 1.29 is 4.39 Å². The van der Waals surface area contributed by atoms with Gasteiger partial charge in [-0.3, -0.25) is 11.3 Å². The number of rotatable bonds is 4. The SMILES string of the molecule is CCC(C)C(NN)c1cc(C)ccc1F. The lowest BCUT2D eigenvalue weighted by molar-refractivity contribution is 0.371. The van der Waals surface area contributed by atoms with Gasteiger partial charge in [-0.15, -0.1) is 0 Å². The molecule has 3 N–H and O–H groups in total. The predicted octanol–water partition coefficient (Wildman–Crippen LogP) is 2.68. The highest BCUT2D eigenvalue weighted by molar-refractivity contribution is 5.27. The third-order valence-electron chi connectivity index (χ3n) is 2.88. The molecule has 0 saturated heterocycles. The van der Waals surface area contributed by atoms with Crippen LogP contribution in [0.15, 0.2) is 18.2 Å². The van der Waals surface area contributed by atoms with Gasteiger partial charge in [-0.2, -0.15) is 0 Å². The fourth-order valence-electron chi connectivity index (χ4n) is 1.70. The summed E-state index contributed by atoms with van der Waals surface area (Å²) < 4.78 is 13.6. The quantitative estimate of drug-likeness (QED) is 0.592. The second-order valence-corrected chi connectivity index (χ2v) is 4.05. The van der Waals surface area contributed by atoms with Crippen LogP contribution < -0.4 is 11.3 Å². The standard InChI is InChI=1S/C12H19FN2/c1-4-9(3)12(15-14)10-7-8(2)5-6-11(10)13/h5-7,9,12,15H,4,14H2,1-3H3. The van der Waals surface area contributed by atoms with Gasteiger partial charge in [-0.1, -0.05) is 38.0 Å². The molecular formula is C12H19FN2. The third-order valence-corrected chi connectivity index (χ3v) is 2.88. The van der Waals surface area contributed by atoms with E-state index in [2.05, 4.69) is 19.3 Å². The Morgan fingerprint density at radius 3 is 2.67 bits per heavy atom. The van der Waals surface area contributed by atoms with Crippen molar-refractivity contribution in [2.24, 2.45) is 11.8 Å². The summed E-state index contributed by atoms with van der Waals surface area (Å²) in [4.78, 5) is 0. The first-order chi connectivity index (χ1) is 7.10. The van der Waals surface area contributed by atoms with Crippen molar-refractivity contribution in [1.82, 2.24) is 5.43 Å². The fraction of sp³-hybridized carbons (Fsp3) is 0.500. The van der Waals surface area contributed by atoms with Crippen LogP contribution in [0.2, 0.25) is 0 Å². The fourth-order valence-corrected chi connectivity index (χ4v) is 1.70. The van der Waals surface area contributed by atoms with Crippen LogP contribution in [0, 0.1) is 18.7 Å². The molecule has 0 bridgehead atoms. The van der Waals surface area contributed by atoms with Crippen molar-refractivity contribution >= 4 is 0 Å². The second kappa shape index (κ2) is 5.24. The van der Waals surface area contributed by atoms with E-state index in [0.717, 1.165) is 12.0 Å². The van der Waals surface area contributed by atoms with Crippen LogP contribution >= 0.6 is 0 Å². The molecule has 3 heteroatoms. The van der Waals surface area contributed by atoms with Crippen molar-refractivity contribution in [2.45, 2.75) is 33.2 Å². The Kier molecular flexibility index (Phi) is 4.24. The Morgan fingerprint density at radius 2 is 2.13 bits per heavy atom. The van der Waals surface area contributed by atoms with Gasteiger partial charge in [0.15, 0.2) is 0 Å². The van der Waals surface area contributed by atoms with E-state index >= 15 is 0 Å². The third kappa shape index (κ3) is 2.76. The lowest BCUT2D eigenvalue weighted by Gasteiger charge is -2.23. The van der Waals surface area contributed by atoms with Crippen molar-refractivity contribution in [1.29, 1.82) is 0 Å². The predicted molar refractivity (Wildman–Crippen MR) is 60.7 cm³/mol. The van der Waals surface area contributed by atoms with E-state index in [0.29, 0.717) is 11.5 Å². The number of nitrogens with one attached hydrogen (secondary N) is 1. The average molecular weight is 210 g/mol. The highest BCUT2D eigenvalue weighted by atomic mass is 19.1. The van der Waals surface area contributed by atoms with Crippen molar-refractivity contribution in [3.05, 3.63) is 35.1 Å². The molecule has 0 saturated carbocycles. The molecule has 2 unspecified atom stereocenters. The summed E-state index contributed by atoms with van der Waals surface area (Å²) in [5, 5.41) is 0. The van der Waals surface area contributed by atoms with Crippen molar-refractivity contribution in [3.8, 4) is 0 Å². The van der Waals surface area contributed by atoms with E-state index in [1.165, 1.54) is 6.07 Å². The minimum absolute atomic E-state index is 0.116. The Bertz CT molecular complexity index is 325. The van der Waals surface area contributed by atoms with E-state index in [1.807, 2.05) is 13.0 Å². The summed E-state index contributed by atoms with van der Waals surface area (Å²) in [5.74, 6) is 5.60. The zero-order chi connectivity index (χ0) is 11.4. The molecule has 0 aliphatic carbocycles.